The first-order valence-electron chi connectivity index (χ1n) is 5.42. The second kappa shape index (κ2) is 4.07. The van der Waals surface area contributed by atoms with Gasteiger partial charge in [0.25, 0.3) is 5.56 Å². The molecular weight excluding hydrogens is 254 g/mol. The number of hydrogen-bond acceptors (Lipinski definition) is 3. The highest BCUT2D eigenvalue weighted by Gasteiger charge is 2.14. The molecule has 0 bridgehead atoms. The molecule has 0 atom stereocenters. The zero-order valence-electron chi connectivity index (χ0n) is 9.64. The molecule has 0 aliphatic carbocycles. The SMILES string of the molecule is Cn1c(Cl)cc(-c2ccc3c(c2)OCO3)cc1=O. The molecule has 2 heterocycles. The second-order valence-electron chi connectivity index (χ2n) is 4.03. The minimum Gasteiger partial charge on any atom is -0.454 e. The minimum atomic E-state index is -0.143. The molecule has 5 heteroatoms. The molecule has 18 heavy (non-hydrogen) atoms. The summed E-state index contributed by atoms with van der Waals surface area (Å²) in [6, 6.07) is 8.83. The van der Waals surface area contributed by atoms with Gasteiger partial charge in [-0.05, 0) is 29.3 Å². The Hall–Kier alpha value is -1.94. The fourth-order valence-electron chi connectivity index (χ4n) is 1.84. The summed E-state index contributed by atoms with van der Waals surface area (Å²) < 4.78 is 11.9. The molecule has 1 aromatic heterocycles. The molecule has 0 amide bonds. The Balaban J connectivity index is 2.13. The van der Waals surface area contributed by atoms with Crippen molar-refractivity contribution in [3.05, 3.63) is 45.8 Å². The fourth-order valence-corrected chi connectivity index (χ4v) is 2.05. The Kier molecular flexibility index (Phi) is 2.52. The van der Waals surface area contributed by atoms with Crippen LogP contribution in [-0.4, -0.2) is 11.4 Å². The third-order valence-corrected chi connectivity index (χ3v) is 3.27. The summed E-state index contributed by atoms with van der Waals surface area (Å²) in [5.41, 5.74) is 1.50. The Bertz CT molecular complexity index is 678. The first-order chi connectivity index (χ1) is 8.65. The predicted octanol–water partition coefficient (Wildman–Crippen LogP) is 2.43. The molecule has 3 rings (SSSR count). The van der Waals surface area contributed by atoms with E-state index in [0.29, 0.717) is 16.7 Å². The van der Waals surface area contributed by atoms with Crippen molar-refractivity contribution in [1.29, 1.82) is 0 Å². The molecule has 1 aliphatic rings. The van der Waals surface area contributed by atoms with Gasteiger partial charge in [0.15, 0.2) is 11.5 Å². The van der Waals surface area contributed by atoms with Crippen LogP contribution in [0.1, 0.15) is 0 Å². The van der Waals surface area contributed by atoms with Gasteiger partial charge in [0.05, 0.1) is 0 Å². The van der Waals surface area contributed by atoms with Gasteiger partial charge in [0.1, 0.15) is 5.15 Å². The van der Waals surface area contributed by atoms with Crippen LogP contribution < -0.4 is 15.0 Å². The molecule has 0 radical (unpaired) electrons. The van der Waals surface area contributed by atoms with E-state index in [-0.39, 0.29) is 12.4 Å². The largest absolute Gasteiger partial charge is 0.454 e. The van der Waals surface area contributed by atoms with E-state index in [1.165, 1.54) is 4.57 Å². The van der Waals surface area contributed by atoms with Gasteiger partial charge < -0.3 is 14.0 Å². The summed E-state index contributed by atoms with van der Waals surface area (Å²) in [4.78, 5) is 11.7. The molecular formula is C13H10ClNO3. The van der Waals surface area contributed by atoms with Crippen LogP contribution >= 0.6 is 11.6 Å². The molecule has 0 saturated heterocycles. The molecule has 1 aromatic carbocycles. The first-order valence-corrected chi connectivity index (χ1v) is 5.79. The van der Waals surface area contributed by atoms with Gasteiger partial charge in [-0.3, -0.25) is 4.79 Å². The van der Waals surface area contributed by atoms with Crippen molar-refractivity contribution < 1.29 is 9.47 Å². The van der Waals surface area contributed by atoms with Crippen LogP contribution in [0.3, 0.4) is 0 Å². The Morgan fingerprint density at radius 3 is 2.67 bits per heavy atom. The summed E-state index contributed by atoms with van der Waals surface area (Å²) in [5.74, 6) is 1.40. The van der Waals surface area contributed by atoms with Crippen molar-refractivity contribution >= 4 is 11.6 Å². The average Bonchev–Trinajstić information content (AvgIpc) is 2.82. The maximum Gasteiger partial charge on any atom is 0.252 e. The number of aromatic nitrogens is 1. The number of halogens is 1. The highest BCUT2D eigenvalue weighted by Crippen LogP contribution is 2.35. The van der Waals surface area contributed by atoms with E-state index in [0.717, 1.165) is 11.1 Å². The lowest BCUT2D eigenvalue weighted by molar-refractivity contribution is 0.174. The molecule has 4 nitrogen and oxygen atoms in total. The standard InChI is InChI=1S/C13H10ClNO3/c1-15-12(14)5-9(6-13(15)16)8-2-3-10-11(4-8)18-7-17-10/h2-6H,7H2,1H3. The lowest BCUT2D eigenvalue weighted by atomic mass is 10.1. The monoisotopic (exact) mass is 263 g/mol. The number of rotatable bonds is 1. The van der Waals surface area contributed by atoms with Crippen LogP contribution in [0.4, 0.5) is 0 Å². The lowest BCUT2D eigenvalue weighted by Gasteiger charge is -2.06. The van der Waals surface area contributed by atoms with Crippen LogP contribution in [0, 0.1) is 0 Å². The number of ether oxygens (including phenoxy) is 2. The van der Waals surface area contributed by atoms with E-state index in [2.05, 4.69) is 0 Å². The minimum absolute atomic E-state index is 0.143. The van der Waals surface area contributed by atoms with Crippen LogP contribution in [0.2, 0.25) is 5.15 Å². The molecule has 1 aliphatic heterocycles. The zero-order valence-corrected chi connectivity index (χ0v) is 10.4. The van der Waals surface area contributed by atoms with Crippen LogP contribution in [0.25, 0.3) is 11.1 Å². The summed E-state index contributed by atoms with van der Waals surface area (Å²) in [6.07, 6.45) is 0. The van der Waals surface area contributed by atoms with Gasteiger partial charge in [-0.1, -0.05) is 17.7 Å². The fraction of sp³-hybridized carbons (Fsp3) is 0.154. The average molecular weight is 264 g/mol. The van der Waals surface area contributed by atoms with Crippen LogP contribution in [0.15, 0.2) is 35.1 Å². The van der Waals surface area contributed by atoms with Crippen molar-refractivity contribution in [2.24, 2.45) is 7.05 Å². The Morgan fingerprint density at radius 1 is 1.11 bits per heavy atom. The van der Waals surface area contributed by atoms with Crippen LogP contribution in [-0.2, 0) is 7.05 Å². The highest BCUT2D eigenvalue weighted by molar-refractivity contribution is 6.29. The second-order valence-corrected chi connectivity index (χ2v) is 4.42. The maximum atomic E-state index is 11.7. The van der Waals surface area contributed by atoms with Crippen LogP contribution in [0.5, 0.6) is 11.5 Å². The third-order valence-electron chi connectivity index (χ3n) is 2.91. The highest BCUT2D eigenvalue weighted by atomic mass is 35.5. The summed E-state index contributed by atoms with van der Waals surface area (Å²) in [5, 5.41) is 0.398. The normalized spacial score (nSPS) is 12.8. The topological polar surface area (TPSA) is 40.5 Å². The van der Waals surface area contributed by atoms with Crippen molar-refractivity contribution in [2.75, 3.05) is 6.79 Å². The lowest BCUT2D eigenvalue weighted by Crippen LogP contribution is -2.15. The quantitative estimate of drug-likeness (QED) is 0.742. The zero-order chi connectivity index (χ0) is 12.7. The third kappa shape index (κ3) is 1.75. The van der Waals surface area contributed by atoms with Gasteiger partial charge in [-0.2, -0.15) is 0 Å². The van der Waals surface area contributed by atoms with E-state index in [4.69, 9.17) is 21.1 Å². The first kappa shape index (κ1) is 11.2. The van der Waals surface area contributed by atoms with Crippen molar-refractivity contribution in [3.8, 4) is 22.6 Å². The number of nitrogens with zero attached hydrogens (tertiary/aromatic N) is 1. The number of hydrogen-bond donors (Lipinski definition) is 0. The smallest absolute Gasteiger partial charge is 0.252 e. The van der Waals surface area contributed by atoms with Gasteiger partial charge in [0, 0.05) is 13.1 Å². The van der Waals surface area contributed by atoms with Gasteiger partial charge in [0.2, 0.25) is 6.79 Å². The Labute approximate surface area is 108 Å². The van der Waals surface area contributed by atoms with Gasteiger partial charge >= 0.3 is 0 Å². The van der Waals surface area contributed by atoms with Crippen molar-refractivity contribution in [3.63, 3.8) is 0 Å². The van der Waals surface area contributed by atoms with E-state index < -0.39 is 0 Å². The molecule has 0 saturated carbocycles. The molecule has 0 fully saturated rings. The van der Waals surface area contributed by atoms with Crippen molar-refractivity contribution in [2.45, 2.75) is 0 Å². The Morgan fingerprint density at radius 2 is 1.89 bits per heavy atom. The van der Waals surface area contributed by atoms with E-state index in [1.807, 2.05) is 18.2 Å². The number of fused-ring (bicyclic) bond motifs is 1. The van der Waals surface area contributed by atoms with Crippen molar-refractivity contribution in [1.82, 2.24) is 4.57 Å². The van der Waals surface area contributed by atoms with Gasteiger partial charge in [-0.15, -0.1) is 0 Å². The van der Waals surface area contributed by atoms with E-state index in [1.54, 1.807) is 19.2 Å². The summed E-state index contributed by atoms with van der Waals surface area (Å²) in [6.45, 7) is 0.232. The molecule has 0 N–H and O–H groups in total. The molecule has 92 valence electrons. The summed E-state index contributed by atoms with van der Waals surface area (Å²) >= 11 is 5.99. The molecule has 0 spiro atoms. The van der Waals surface area contributed by atoms with E-state index in [9.17, 15) is 4.79 Å². The van der Waals surface area contributed by atoms with Gasteiger partial charge in [-0.25, -0.2) is 0 Å². The molecule has 0 unspecified atom stereocenters. The van der Waals surface area contributed by atoms with E-state index >= 15 is 0 Å². The summed E-state index contributed by atoms with van der Waals surface area (Å²) in [7, 11) is 1.63. The number of benzene rings is 1. The molecule has 2 aromatic rings. The number of pyridine rings is 1. The predicted molar refractivity (Wildman–Crippen MR) is 68.3 cm³/mol. The maximum absolute atomic E-state index is 11.7.